The Morgan fingerprint density at radius 3 is 1.60 bits per heavy atom. The van der Waals surface area contributed by atoms with Gasteiger partial charge >= 0.3 is 0 Å². The van der Waals surface area contributed by atoms with Gasteiger partial charge in [0.15, 0.2) is 0 Å². The highest BCUT2D eigenvalue weighted by Crippen LogP contribution is 2.52. The molecule has 2 rings (SSSR count). The zero-order valence-corrected chi connectivity index (χ0v) is 9.78. The maximum Gasteiger partial charge on any atom is 0.223 e. The molecule has 0 fully saturated rings. The van der Waals surface area contributed by atoms with Crippen LogP contribution < -0.4 is 0 Å². The number of benzene rings is 1. The van der Waals surface area contributed by atoms with E-state index in [1.54, 1.807) is 0 Å². The third-order valence-corrected chi connectivity index (χ3v) is 2.38. The molecule has 2 heteroatoms. The first-order valence-corrected chi connectivity index (χ1v) is 5.52. The molecule has 1 aromatic carbocycles. The smallest absolute Gasteiger partial charge is 0.223 e. The molecule has 1 aliphatic rings. The Hall–Kier alpha value is -0.860. The lowest BCUT2D eigenvalue weighted by Crippen LogP contribution is -2.25. The summed E-state index contributed by atoms with van der Waals surface area (Å²) in [6.45, 7) is 8.13. The quantitative estimate of drug-likeness (QED) is 0.705. The summed E-state index contributed by atoms with van der Waals surface area (Å²) >= 11 is 0. The van der Waals surface area contributed by atoms with Crippen LogP contribution in [0.5, 0.6) is 0 Å². The first kappa shape index (κ1) is 10.7. The van der Waals surface area contributed by atoms with Gasteiger partial charge in [-0.05, 0) is 27.7 Å². The minimum absolute atomic E-state index is 0.163. The Balaban J connectivity index is 2.22. The largest absolute Gasteiger partial charge is 0.339 e. The Bertz CT molecular complexity index is 320. The van der Waals surface area contributed by atoms with Crippen molar-refractivity contribution in [2.45, 2.75) is 45.7 Å². The fourth-order valence-electron chi connectivity index (χ4n) is 1.93. The molecular formula is C13H18O2. The molecule has 1 aromatic rings. The average Bonchev–Trinajstić information content (AvgIpc) is 2.72. The van der Waals surface area contributed by atoms with Gasteiger partial charge in [0.25, 0.3) is 0 Å². The van der Waals surface area contributed by atoms with Crippen LogP contribution in [0.25, 0.3) is 0 Å². The van der Waals surface area contributed by atoms with Gasteiger partial charge < -0.3 is 9.47 Å². The highest BCUT2D eigenvalue weighted by molar-refractivity contribution is 5.54. The standard InChI is InChI=1S/C13H18O2/c1-9(2)14-13(15-10(3)4)11-7-5-6-8-12(11)13/h5-10H,1-4H3. The minimum Gasteiger partial charge on any atom is -0.339 e. The molecule has 0 spiro atoms. The van der Waals surface area contributed by atoms with Gasteiger partial charge in [-0.2, -0.15) is 0 Å². The van der Waals surface area contributed by atoms with E-state index in [0.717, 1.165) is 0 Å². The normalized spacial score (nSPS) is 16.9. The van der Waals surface area contributed by atoms with Gasteiger partial charge in [0.05, 0.1) is 12.2 Å². The summed E-state index contributed by atoms with van der Waals surface area (Å²) in [6.07, 6.45) is 0.326. The fraction of sp³-hybridized carbons (Fsp3) is 0.538. The van der Waals surface area contributed by atoms with E-state index in [4.69, 9.17) is 9.47 Å². The second-order valence-corrected chi connectivity index (χ2v) is 4.50. The Kier molecular flexibility index (Phi) is 2.57. The van der Waals surface area contributed by atoms with Gasteiger partial charge in [0.2, 0.25) is 5.79 Å². The Morgan fingerprint density at radius 2 is 1.27 bits per heavy atom. The highest BCUT2D eigenvalue weighted by Gasteiger charge is 2.54. The molecule has 0 unspecified atom stereocenters. The maximum atomic E-state index is 5.91. The first-order valence-electron chi connectivity index (χ1n) is 5.52. The SMILES string of the molecule is CC(C)OC1(OC(C)C)c2ccccc21. The van der Waals surface area contributed by atoms with Crippen LogP contribution in [-0.4, -0.2) is 12.2 Å². The molecule has 1 aliphatic carbocycles. The van der Waals surface area contributed by atoms with Crippen LogP contribution in [0.3, 0.4) is 0 Å². The Morgan fingerprint density at radius 1 is 0.867 bits per heavy atom. The van der Waals surface area contributed by atoms with Crippen molar-refractivity contribution in [3.05, 3.63) is 35.4 Å². The van der Waals surface area contributed by atoms with Crippen molar-refractivity contribution in [2.24, 2.45) is 0 Å². The van der Waals surface area contributed by atoms with Crippen LogP contribution in [0.15, 0.2) is 24.3 Å². The van der Waals surface area contributed by atoms with E-state index in [-0.39, 0.29) is 12.2 Å². The molecule has 2 nitrogen and oxygen atoms in total. The topological polar surface area (TPSA) is 18.5 Å². The maximum absolute atomic E-state index is 5.91. The molecular weight excluding hydrogens is 188 g/mol. The van der Waals surface area contributed by atoms with Crippen LogP contribution in [0.4, 0.5) is 0 Å². The summed E-state index contributed by atoms with van der Waals surface area (Å²) in [4.78, 5) is 0. The average molecular weight is 206 g/mol. The molecule has 0 aliphatic heterocycles. The summed E-state index contributed by atoms with van der Waals surface area (Å²) < 4.78 is 11.8. The van der Waals surface area contributed by atoms with Gasteiger partial charge in [-0.25, -0.2) is 0 Å². The molecule has 82 valence electrons. The minimum atomic E-state index is -0.550. The van der Waals surface area contributed by atoms with Crippen molar-refractivity contribution < 1.29 is 9.47 Å². The Labute approximate surface area is 91.2 Å². The predicted molar refractivity (Wildman–Crippen MR) is 59.7 cm³/mol. The molecule has 0 radical (unpaired) electrons. The summed E-state index contributed by atoms with van der Waals surface area (Å²) in [6, 6.07) is 8.18. The first-order chi connectivity index (χ1) is 7.06. The summed E-state index contributed by atoms with van der Waals surface area (Å²) in [5.74, 6) is -0.550. The van der Waals surface area contributed by atoms with E-state index in [1.165, 1.54) is 11.1 Å². The van der Waals surface area contributed by atoms with Crippen molar-refractivity contribution >= 4 is 0 Å². The molecule has 15 heavy (non-hydrogen) atoms. The lowest BCUT2D eigenvalue weighted by Gasteiger charge is -2.23. The van der Waals surface area contributed by atoms with Crippen molar-refractivity contribution in [1.82, 2.24) is 0 Å². The molecule has 0 atom stereocenters. The highest BCUT2D eigenvalue weighted by atomic mass is 16.7. The zero-order chi connectivity index (χ0) is 11.1. The van der Waals surface area contributed by atoms with Crippen molar-refractivity contribution in [3.63, 3.8) is 0 Å². The van der Waals surface area contributed by atoms with Gasteiger partial charge in [-0.3, -0.25) is 0 Å². The van der Waals surface area contributed by atoms with E-state index in [1.807, 2.05) is 39.8 Å². The lowest BCUT2D eigenvalue weighted by atomic mass is 10.4. The van der Waals surface area contributed by atoms with Gasteiger partial charge in [-0.15, -0.1) is 0 Å². The molecule has 0 bridgehead atoms. The van der Waals surface area contributed by atoms with Crippen LogP contribution in [0, 0.1) is 0 Å². The summed E-state index contributed by atoms with van der Waals surface area (Å²) in [7, 11) is 0. The predicted octanol–water partition coefficient (Wildman–Crippen LogP) is 3.05. The van der Waals surface area contributed by atoms with Crippen molar-refractivity contribution in [1.29, 1.82) is 0 Å². The van der Waals surface area contributed by atoms with Crippen molar-refractivity contribution in [2.75, 3.05) is 0 Å². The van der Waals surface area contributed by atoms with Crippen LogP contribution in [0.2, 0.25) is 0 Å². The fourth-order valence-corrected chi connectivity index (χ4v) is 1.93. The molecule has 0 amide bonds. The monoisotopic (exact) mass is 206 g/mol. The summed E-state index contributed by atoms with van der Waals surface area (Å²) in [5.41, 5.74) is 2.35. The number of ether oxygens (including phenoxy) is 2. The molecule has 0 saturated heterocycles. The molecule has 0 aromatic heterocycles. The van der Waals surface area contributed by atoms with E-state index < -0.39 is 5.79 Å². The van der Waals surface area contributed by atoms with E-state index in [9.17, 15) is 0 Å². The van der Waals surface area contributed by atoms with Gasteiger partial charge in [0.1, 0.15) is 0 Å². The van der Waals surface area contributed by atoms with E-state index >= 15 is 0 Å². The number of hydrogen-bond donors (Lipinski definition) is 0. The number of fused-ring (bicyclic) bond motifs is 1. The number of hydrogen-bond acceptors (Lipinski definition) is 2. The third-order valence-electron chi connectivity index (χ3n) is 2.38. The van der Waals surface area contributed by atoms with Crippen LogP contribution in [-0.2, 0) is 15.3 Å². The van der Waals surface area contributed by atoms with Crippen molar-refractivity contribution in [3.8, 4) is 0 Å². The zero-order valence-electron chi connectivity index (χ0n) is 9.78. The van der Waals surface area contributed by atoms with Gasteiger partial charge in [-0.1, -0.05) is 24.3 Å². The van der Waals surface area contributed by atoms with Crippen LogP contribution in [0.1, 0.15) is 38.8 Å². The lowest BCUT2D eigenvalue weighted by molar-refractivity contribution is -0.220. The molecule has 0 heterocycles. The second kappa shape index (κ2) is 3.62. The molecule has 0 N–H and O–H groups in total. The molecule has 0 saturated carbocycles. The van der Waals surface area contributed by atoms with Gasteiger partial charge in [0, 0.05) is 11.1 Å². The van der Waals surface area contributed by atoms with E-state index in [0.29, 0.717) is 0 Å². The van der Waals surface area contributed by atoms with E-state index in [2.05, 4.69) is 12.1 Å². The third kappa shape index (κ3) is 1.80. The second-order valence-electron chi connectivity index (χ2n) is 4.50. The number of rotatable bonds is 4. The van der Waals surface area contributed by atoms with Crippen LogP contribution >= 0.6 is 0 Å². The summed E-state index contributed by atoms with van der Waals surface area (Å²) in [5, 5.41) is 0.